The number of rotatable bonds is 4. The van der Waals surface area contributed by atoms with Crippen LogP contribution in [0.15, 0.2) is 0 Å². The fourth-order valence-electron chi connectivity index (χ4n) is 1.34. The van der Waals surface area contributed by atoms with Crippen molar-refractivity contribution >= 4 is 0 Å². The molecule has 0 spiro atoms. The third-order valence-electron chi connectivity index (χ3n) is 2.36. The normalized spacial score (nSPS) is 19.8. The van der Waals surface area contributed by atoms with Crippen LogP contribution in [0.1, 0.15) is 26.2 Å². The van der Waals surface area contributed by atoms with E-state index in [1.807, 2.05) is 0 Å². The van der Waals surface area contributed by atoms with E-state index in [-0.39, 0.29) is 0 Å². The molecule has 2 nitrogen and oxygen atoms in total. The average Bonchev–Trinajstić information content (AvgIpc) is 2.63. The second-order valence-electron chi connectivity index (χ2n) is 3.96. The Bertz CT molecular complexity index is 165. The zero-order chi connectivity index (χ0) is 8.32. The lowest BCUT2D eigenvalue weighted by Gasteiger charge is -2.18. The summed E-state index contributed by atoms with van der Waals surface area (Å²) in [7, 11) is 2.10. The van der Waals surface area contributed by atoms with Crippen molar-refractivity contribution in [3.05, 3.63) is 0 Å². The topological polar surface area (TPSA) is 27.0 Å². The molecule has 0 unspecified atom stereocenters. The highest BCUT2D eigenvalue weighted by Gasteiger charge is 2.37. The van der Waals surface area contributed by atoms with E-state index < -0.39 is 0 Å². The molecule has 0 aliphatic heterocycles. The first-order chi connectivity index (χ1) is 5.16. The molecule has 0 amide bonds. The molecule has 0 N–H and O–H groups in total. The Morgan fingerprint density at radius 3 is 2.64 bits per heavy atom. The van der Waals surface area contributed by atoms with Gasteiger partial charge in [-0.05, 0) is 25.3 Å². The van der Waals surface area contributed by atoms with Gasteiger partial charge in [0.25, 0.3) is 0 Å². The zero-order valence-corrected chi connectivity index (χ0v) is 7.43. The molecule has 1 rings (SSSR count). The molecule has 11 heavy (non-hydrogen) atoms. The lowest BCUT2D eigenvalue weighted by atomic mass is 10.1. The Kier molecular flexibility index (Phi) is 2.51. The second kappa shape index (κ2) is 3.23. The van der Waals surface area contributed by atoms with Crippen LogP contribution < -0.4 is 0 Å². The highest BCUT2D eigenvalue weighted by Crippen LogP contribution is 2.45. The minimum Gasteiger partial charge on any atom is -0.305 e. The molecular weight excluding hydrogens is 136 g/mol. The van der Waals surface area contributed by atoms with Crippen LogP contribution in [0.2, 0.25) is 0 Å². The SMILES string of the molecule is CN(CCC#N)CC1(C)CC1. The molecule has 0 aromatic carbocycles. The van der Waals surface area contributed by atoms with E-state index in [9.17, 15) is 0 Å². The smallest absolute Gasteiger partial charge is 0.0635 e. The van der Waals surface area contributed by atoms with Crippen LogP contribution >= 0.6 is 0 Å². The molecule has 1 fully saturated rings. The average molecular weight is 152 g/mol. The van der Waals surface area contributed by atoms with Gasteiger partial charge in [-0.3, -0.25) is 0 Å². The Labute approximate surface area is 68.8 Å². The maximum Gasteiger partial charge on any atom is 0.0635 e. The van der Waals surface area contributed by atoms with Crippen LogP contribution in [0, 0.1) is 16.7 Å². The van der Waals surface area contributed by atoms with E-state index >= 15 is 0 Å². The Morgan fingerprint density at radius 1 is 1.55 bits per heavy atom. The van der Waals surface area contributed by atoms with Gasteiger partial charge in [-0.25, -0.2) is 0 Å². The van der Waals surface area contributed by atoms with Gasteiger partial charge in [0.15, 0.2) is 0 Å². The molecule has 0 radical (unpaired) electrons. The van der Waals surface area contributed by atoms with Crippen LogP contribution in [-0.4, -0.2) is 25.0 Å². The summed E-state index contributed by atoms with van der Waals surface area (Å²) >= 11 is 0. The zero-order valence-electron chi connectivity index (χ0n) is 7.43. The Hall–Kier alpha value is -0.550. The standard InChI is InChI=1S/C9H16N2/c1-9(4-5-9)8-11(2)7-3-6-10/h3-5,7-8H2,1-2H3. The van der Waals surface area contributed by atoms with Crippen molar-refractivity contribution in [3.8, 4) is 6.07 Å². The lowest BCUT2D eigenvalue weighted by molar-refractivity contribution is 0.280. The van der Waals surface area contributed by atoms with E-state index in [0.29, 0.717) is 11.8 Å². The molecule has 0 saturated heterocycles. The summed E-state index contributed by atoms with van der Waals surface area (Å²) in [5.74, 6) is 0. The molecule has 0 bridgehead atoms. The molecule has 1 saturated carbocycles. The van der Waals surface area contributed by atoms with Crippen LogP contribution in [0.4, 0.5) is 0 Å². The maximum atomic E-state index is 8.35. The molecule has 0 atom stereocenters. The molecule has 1 aliphatic carbocycles. The van der Waals surface area contributed by atoms with E-state index in [1.54, 1.807) is 0 Å². The van der Waals surface area contributed by atoms with E-state index in [4.69, 9.17) is 5.26 Å². The van der Waals surface area contributed by atoms with Gasteiger partial charge in [0.05, 0.1) is 6.07 Å². The first-order valence-corrected chi connectivity index (χ1v) is 4.22. The monoisotopic (exact) mass is 152 g/mol. The summed E-state index contributed by atoms with van der Waals surface area (Å²) in [5, 5.41) is 8.35. The fourth-order valence-corrected chi connectivity index (χ4v) is 1.34. The van der Waals surface area contributed by atoms with Gasteiger partial charge in [-0.1, -0.05) is 6.92 Å². The third-order valence-corrected chi connectivity index (χ3v) is 2.36. The molecule has 0 heterocycles. The molecule has 62 valence electrons. The van der Waals surface area contributed by atoms with Crippen molar-refractivity contribution in [1.29, 1.82) is 5.26 Å². The van der Waals surface area contributed by atoms with Crippen LogP contribution in [0.3, 0.4) is 0 Å². The number of hydrogen-bond acceptors (Lipinski definition) is 2. The van der Waals surface area contributed by atoms with E-state index in [0.717, 1.165) is 13.1 Å². The summed E-state index contributed by atoms with van der Waals surface area (Å²) < 4.78 is 0. The van der Waals surface area contributed by atoms with Gasteiger partial charge < -0.3 is 4.90 Å². The van der Waals surface area contributed by atoms with Crippen molar-refractivity contribution in [2.45, 2.75) is 26.2 Å². The summed E-state index contributed by atoms with van der Waals surface area (Å²) in [6.45, 7) is 4.40. The minimum atomic E-state index is 0.588. The van der Waals surface area contributed by atoms with Crippen molar-refractivity contribution in [2.24, 2.45) is 5.41 Å². The Morgan fingerprint density at radius 2 is 2.18 bits per heavy atom. The number of nitriles is 1. The van der Waals surface area contributed by atoms with Gasteiger partial charge in [-0.2, -0.15) is 5.26 Å². The second-order valence-corrected chi connectivity index (χ2v) is 3.96. The predicted molar refractivity (Wildman–Crippen MR) is 45.1 cm³/mol. The third kappa shape index (κ3) is 2.90. The maximum absolute atomic E-state index is 8.35. The van der Waals surface area contributed by atoms with E-state index in [2.05, 4.69) is 24.9 Å². The lowest BCUT2D eigenvalue weighted by Crippen LogP contribution is -2.25. The molecule has 0 aromatic rings. The first kappa shape index (κ1) is 8.55. The first-order valence-electron chi connectivity index (χ1n) is 4.22. The van der Waals surface area contributed by atoms with Crippen LogP contribution in [-0.2, 0) is 0 Å². The van der Waals surface area contributed by atoms with Crippen LogP contribution in [0.25, 0.3) is 0 Å². The van der Waals surface area contributed by atoms with Crippen molar-refractivity contribution in [3.63, 3.8) is 0 Å². The highest BCUT2D eigenvalue weighted by atomic mass is 15.1. The van der Waals surface area contributed by atoms with Crippen LogP contribution in [0.5, 0.6) is 0 Å². The molecular formula is C9H16N2. The largest absolute Gasteiger partial charge is 0.305 e. The summed E-state index contributed by atoms with van der Waals surface area (Å²) in [6.07, 6.45) is 3.39. The van der Waals surface area contributed by atoms with Gasteiger partial charge in [0.2, 0.25) is 0 Å². The van der Waals surface area contributed by atoms with Gasteiger partial charge in [0.1, 0.15) is 0 Å². The highest BCUT2D eigenvalue weighted by molar-refractivity contribution is 4.90. The quantitative estimate of drug-likeness (QED) is 0.612. The van der Waals surface area contributed by atoms with Gasteiger partial charge in [0, 0.05) is 19.5 Å². The number of hydrogen-bond donors (Lipinski definition) is 0. The van der Waals surface area contributed by atoms with Crippen molar-refractivity contribution in [2.75, 3.05) is 20.1 Å². The van der Waals surface area contributed by atoms with Gasteiger partial charge in [-0.15, -0.1) is 0 Å². The molecule has 2 heteroatoms. The number of nitrogens with zero attached hydrogens (tertiary/aromatic N) is 2. The fraction of sp³-hybridized carbons (Fsp3) is 0.889. The summed E-state index contributed by atoms with van der Waals surface area (Å²) in [6, 6.07) is 2.16. The van der Waals surface area contributed by atoms with Crippen molar-refractivity contribution in [1.82, 2.24) is 4.90 Å². The minimum absolute atomic E-state index is 0.588. The predicted octanol–water partition coefficient (Wildman–Crippen LogP) is 1.63. The van der Waals surface area contributed by atoms with Crippen molar-refractivity contribution < 1.29 is 0 Å². The molecule has 0 aromatic heterocycles. The summed E-state index contributed by atoms with van der Waals surface area (Å²) in [4.78, 5) is 2.26. The Balaban J connectivity index is 2.11. The molecule has 1 aliphatic rings. The van der Waals surface area contributed by atoms with E-state index in [1.165, 1.54) is 12.8 Å². The summed E-state index contributed by atoms with van der Waals surface area (Å²) in [5.41, 5.74) is 0.588. The van der Waals surface area contributed by atoms with Gasteiger partial charge >= 0.3 is 0 Å².